The van der Waals surface area contributed by atoms with E-state index in [1.165, 1.54) is 109 Å². The average Bonchev–Trinajstić information content (AvgIpc) is 2.17. The molecule has 15 rings (SSSR count). The van der Waals surface area contributed by atoms with Crippen LogP contribution in [0, 0.1) is 3.57 Å². The molecule has 1 aliphatic rings. The van der Waals surface area contributed by atoms with Gasteiger partial charge in [0, 0.05) is 45.4 Å². The topological polar surface area (TPSA) is 28.3 Å². The third-order valence-corrected chi connectivity index (χ3v) is 18.6. The van der Waals surface area contributed by atoms with Crippen LogP contribution < -0.4 is 5.46 Å². The first-order valence-electron chi connectivity index (χ1n) is 29.0. The van der Waals surface area contributed by atoms with Crippen molar-refractivity contribution in [2.75, 3.05) is 0 Å². The van der Waals surface area contributed by atoms with E-state index in [1.807, 2.05) is 6.07 Å². The number of benzene rings is 12. The molecule has 426 valence electrons. The van der Waals surface area contributed by atoms with Crippen LogP contribution in [0.25, 0.3) is 111 Å². The molecule has 14 aromatic rings. The van der Waals surface area contributed by atoms with E-state index in [-0.39, 0.29) is 25.7 Å². The maximum atomic E-state index is 6.33. The summed E-state index contributed by atoms with van der Waals surface area (Å²) >= 11 is 9.27. The Kier molecular flexibility index (Phi) is 17.2. The van der Waals surface area contributed by atoms with E-state index in [9.17, 15) is 0 Å². The Hall–Kier alpha value is -8.09. The third kappa shape index (κ3) is 12.3. The molecule has 0 aliphatic carbocycles. The Morgan fingerprint density at radius 2 is 0.609 bits per heavy atom. The highest BCUT2D eigenvalue weighted by Crippen LogP contribution is 2.40. The first kappa shape index (κ1) is 59.3. The lowest BCUT2D eigenvalue weighted by Gasteiger charge is -2.32. The monoisotopic (exact) mass is 1370 g/mol. The number of aromatic nitrogens is 2. The summed E-state index contributed by atoms with van der Waals surface area (Å²) in [6, 6.07) is 104. The predicted octanol–water partition coefficient (Wildman–Crippen LogP) is 22.7. The lowest BCUT2D eigenvalue weighted by Crippen LogP contribution is -2.41. The van der Waals surface area contributed by atoms with Gasteiger partial charge in [0.2, 0.25) is 0 Å². The first-order chi connectivity index (χ1) is 41.8. The molecule has 1 fully saturated rings. The van der Waals surface area contributed by atoms with Gasteiger partial charge in [0.05, 0.1) is 33.3 Å². The lowest BCUT2D eigenvalue weighted by molar-refractivity contribution is 0.00578. The lowest BCUT2D eigenvalue weighted by atomic mass is 9.78. The summed E-state index contributed by atoms with van der Waals surface area (Å²) in [5.41, 5.74) is 19.7. The summed E-state index contributed by atoms with van der Waals surface area (Å²) in [5, 5.41) is 4.96. The van der Waals surface area contributed by atoms with Crippen molar-refractivity contribution in [2.24, 2.45) is 0 Å². The van der Waals surface area contributed by atoms with Gasteiger partial charge in [-0.25, -0.2) is 0 Å². The number of halogens is 3. The van der Waals surface area contributed by atoms with Gasteiger partial charge in [-0.15, -0.1) is 0 Å². The molecule has 1 aliphatic heterocycles. The quantitative estimate of drug-likeness (QED) is 0.112. The van der Waals surface area contributed by atoms with Gasteiger partial charge >= 0.3 is 7.12 Å². The minimum atomic E-state index is -0.373. The third-order valence-electron chi connectivity index (χ3n) is 16.8. The smallest absolute Gasteiger partial charge is 0.399 e. The summed E-state index contributed by atoms with van der Waals surface area (Å²) in [5.74, 6) is 0. The molecule has 0 N–H and O–H groups in total. The van der Waals surface area contributed by atoms with Crippen LogP contribution in [-0.4, -0.2) is 27.5 Å². The van der Waals surface area contributed by atoms with E-state index < -0.39 is 0 Å². The van der Waals surface area contributed by atoms with Crippen molar-refractivity contribution in [3.05, 3.63) is 304 Å². The molecule has 0 spiro atoms. The van der Waals surface area contributed by atoms with Crippen molar-refractivity contribution in [1.29, 1.82) is 0 Å². The molecule has 0 saturated carbocycles. The fourth-order valence-electron chi connectivity index (χ4n) is 11.5. The van der Waals surface area contributed by atoms with Gasteiger partial charge in [-0.05, 0) is 202 Å². The van der Waals surface area contributed by atoms with E-state index in [4.69, 9.17) is 9.31 Å². The summed E-state index contributed by atoms with van der Waals surface area (Å²) < 4.78 is 20.9. The van der Waals surface area contributed by atoms with Gasteiger partial charge < -0.3 is 18.4 Å². The number of hydrogen-bond donors (Lipinski definition) is 0. The molecule has 87 heavy (non-hydrogen) atoms. The average molecular weight is 1370 g/mol. The number of hydrogen-bond acceptors (Lipinski definition) is 2. The van der Waals surface area contributed by atoms with Gasteiger partial charge in [0.25, 0.3) is 0 Å². The number of fused-ring (bicyclic) bond motifs is 6. The molecule has 4 nitrogen and oxygen atoms in total. The van der Waals surface area contributed by atoms with Gasteiger partial charge in [0.15, 0.2) is 0 Å². The van der Waals surface area contributed by atoms with Crippen molar-refractivity contribution in [2.45, 2.75) is 46.3 Å². The van der Waals surface area contributed by atoms with Gasteiger partial charge in [-0.3, -0.25) is 0 Å². The zero-order chi connectivity index (χ0) is 58.9. The number of nitrogens with zero attached hydrogens (tertiary/aromatic N) is 2. The van der Waals surface area contributed by atoms with E-state index in [0.29, 0.717) is 0 Å². The molecule has 0 atom stereocenters. The van der Waals surface area contributed by atoms with Crippen molar-refractivity contribution in [1.82, 2.24) is 9.13 Å². The van der Waals surface area contributed by atoms with Crippen LogP contribution in [0.15, 0.2) is 300 Å². The molecule has 0 radical (unpaired) electrons. The van der Waals surface area contributed by atoms with Crippen LogP contribution in [0.4, 0.5) is 0 Å². The fourth-order valence-corrected chi connectivity index (χ4v) is 12.4. The fraction of sp³-hybridized carbons (Fsp3) is 0.0886. The van der Waals surface area contributed by atoms with Crippen LogP contribution in [0.1, 0.15) is 35.1 Å². The molecule has 2 aromatic heterocycles. The molecule has 8 heteroatoms. The molecule has 12 aromatic carbocycles. The highest BCUT2D eigenvalue weighted by molar-refractivity contribution is 14.1. The van der Waals surface area contributed by atoms with Crippen molar-refractivity contribution < 1.29 is 9.31 Å². The standard InChI is InChI=1S/C36H24BrN.C30H28BNO2.C12H8BrI.CH4/c37-31-19-14-27(15-20-31)26-10-12-29(13-11-26)30-18-23-36-34(24-30)33-8-4-5-9-35(33)38(36)32-21-16-28(17-22-32)25-6-2-1-3-7-25;1-29(2)30(3,4)34-31(33-29)23-16-19-28-26(20-23)25-12-8-9-13-27(25)32(28)24-17-14-22(15-18-24)21-10-6-5-7-11-21;13-11-5-1-9(2-6-11)10-3-7-12(14)8-4-10;/h1-24H;5-20H,1-4H3;1-8H;1H4. The van der Waals surface area contributed by atoms with E-state index in [1.54, 1.807) is 0 Å². The molecule has 0 bridgehead atoms. The maximum Gasteiger partial charge on any atom is 0.494 e. The zero-order valence-corrected chi connectivity index (χ0v) is 53.5. The minimum Gasteiger partial charge on any atom is -0.399 e. The summed E-state index contributed by atoms with van der Waals surface area (Å²) in [6.45, 7) is 8.38. The Morgan fingerprint density at radius 3 is 1.03 bits per heavy atom. The zero-order valence-electron chi connectivity index (χ0n) is 48.1. The Morgan fingerprint density at radius 1 is 0.310 bits per heavy atom. The van der Waals surface area contributed by atoms with E-state index >= 15 is 0 Å². The summed E-state index contributed by atoms with van der Waals surface area (Å²) in [6.07, 6.45) is 0. The number of para-hydroxylation sites is 2. The highest BCUT2D eigenvalue weighted by atomic mass is 127. The Balaban J connectivity index is 0.000000139. The largest absolute Gasteiger partial charge is 0.494 e. The van der Waals surface area contributed by atoms with Gasteiger partial charge in [0.1, 0.15) is 0 Å². The van der Waals surface area contributed by atoms with Crippen LogP contribution in [0.5, 0.6) is 0 Å². The minimum absolute atomic E-state index is 0. The molecule has 0 unspecified atom stereocenters. The van der Waals surface area contributed by atoms with Crippen molar-refractivity contribution in [3.8, 4) is 67.0 Å². The van der Waals surface area contributed by atoms with Gasteiger partial charge in [-0.1, -0.05) is 239 Å². The molecule has 3 heterocycles. The second kappa shape index (κ2) is 25.3. The van der Waals surface area contributed by atoms with Crippen molar-refractivity contribution in [3.63, 3.8) is 0 Å². The predicted molar refractivity (Wildman–Crippen MR) is 386 cm³/mol. The van der Waals surface area contributed by atoms with Crippen LogP contribution in [-0.2, 0) is 9.31 Å². The Bertz CT molecular complexity index is 4620. The second-order valence-electron chi connectivity index (χ2n) is 22.7. The van der Waals surface area contributed by atoms with Crippen LogP contribution in [0.3, 0.4) is 0 Å². The first-order valence-corrected chi connectivity index (χ1v) is 31.6. The number of rotatable bonds is 8. The van der Waals surface area contributed by atoms with Crippen molar-refractivity contribution >= 4 is 111 Å². The maximum absolute atomic E-state index is 6.33. The van der Waals surface area contributed by atoms with Gasteiger partial charge in [-0.2, -0.15) is 0 Å². The summed E-state index contributed by atoms with van der Waals surface area (Å²) in [4.78, 5) is 0. The van der Waals surface area contributed by atoms with E-state index in [2.05, 4.69) is 376 Å². The van der Waals surface area contributed by atoms with Crippen LogP contribution in [0.2, 0.25) is 0 Å². The SMILES string of the molecule is Brc1ccc(-c2ccc(-c3ccc4c(c3)c3ccccc3n4-c3ccc(-c4ccccc4)cc3)cc2)cc1.Brc1ccc(-c2ccc(I)cc2)cc1.C.CC1(C)OB(c2ccc3c(c2)c2ccccc2n3-c2ccc(-c3ccccc3)cc2)OC1(C)C. The second-order valence-corrected chi connectivity index (χ2v) is 25.8. The molecule has 1 saturated heterocycles. The highest BCUT2D eigenvalue weighted by Gasteiger charge is 2.51. The summed E-state index contributed by atoms with van der Waals surface area (Å²) in [7, 11) is -0.373. The Labute approximate surface area is 541 Å². The molecular formula is C79H64BBr2IN2O2. The van der Waals surface area contributed by atoms with E-state index in [0.717, 1.165) is 20.1 Å². The van der Waals surface area contributed by atoms with Crippen LogP contribution >= 0.6 is 54.5 Å². The normalized spacial score (nSPS) is 13.2. The molecule has 0 amide bonds. The molecular weight excluding hydrogens is 1310 g/mol.